The number of rotatable bonds is 4. The molecule has 0 amide bonds. The first-order chi connectivity index (χ1) is 9.10. The lowest BCUT2D eigenvalue weighted by Gasteiger charge is -2.06. The number of hydrogen-bond acceptors (Lipinski definition) is 3. The Morgan fingerprint density at radius 3 is 2.95 bits per heavy atom. The van der Waals surface area contributed by atoms with Gasteiger partial charge in [0.25, 0.3) is 5.56 Å². The van der Waals surface area contributed by atoms with Gasteiger partial charge in [-0.25, -0.2) is 9.37 Å². The standard InChI is InChI=1S/C13H12ClFN2O2/c1-19-7-8-5-13(18)17-12(16-8)6-9-10(14)3-2-4-11(9)15/h2-5H,6-7H2,1H3,(H,16,17,18). The Bertz CT molecular complexity index is 623. The monoisotopic (exact) mass is 282 g/mol. The molecule has 1 N–H and O–H groups in total. The zero-order valence-corrected chi connectivity index (χ0v) is 11.0. The third-order valence-corrected chi connectivity index (χ3v) is 2.90. The van der Waals surface area contributed by atoms with Crippen LogP contribution in [0.2, 0.25) is 5.02 Å². The van der Waals surface area contributed by atoms with Crippen molar-refractivity contribution in [2.75, 3.05) is 7.11 Å². The summed E-state index contributed by atoms with van der Waals surface area (Å²) in [7, 11) is 1.51. The molecule has 4 nitrogen and oxygen atoms in total. The fourth-order valence-electron chi connectivity index (χ4n) is 1.74. The van der Waals surface area contributed by atoms with Gasteiger partial charge in [0.15, 0.2) is 0 Å². The molecule has 100 valence electrons. The summed E-state index contributed by atoms with van der Waals surface area (Å²) in [4.78, 5) is 18.2. The Kier molecular flexibility index (Phi) is 4.29. The first kappa shape index (κ1) is 13.7. The van der Waals surface area contributed by atoms with Gasteiger partial charge in [0.1, 0.15) is 11.6 Å². The molecule has 0 radical (unpaired) electrons. The van der Waals surface area contributed by atoms with Gasteiger partial charge in [-0.15, -0.1) is 0 Å². The summed E-state index contributed by atoms with van der Waals surface area (Å²) in [6, 6.07) is 5.78. The summed E-state index contributed by atoms with van der Waals surface area (Å²) in [6.45, 7) is 0.224. The molecule has 2 aromatic rings. The molecule has 6 heteroatoms. The maximum atomic E-state index is 13.7. The van der Waals surface area contributed by atoms with Crippen molar-refractivity contribution < 1.29 is 9.13 Å². The van der Waals surface area contributed by atoms with Crippen LogP contribution in [0.1, 0.15) is 17.1 Å². The summed E-state index contributed by atoms with van der Waals surface area (Å²) >= 11 is 5.94. The van der Waals surface area contributed by atoms with Gasteiger partial charge in [-0.1, -0.05) is 17.7 Å². The number of benzene rings is 1. The summed E-state index contributed by atoms with van der Waals surface area (Å²) in [5.74, 6) is -0.0705. The van der Waals surface area contributed by atoms with E-state index in [0.29, 0.717) is 22.1 Å². The Labute approximate surface area is 114 Å². The van der Waals surface area contributed by atoms with Crippen molar-refractivity contribution in [2.45, 2.75) is 13.0 Å². The number of halogens is 2. The number of aromatic amines is 1. The van der Waals surface area contributed by atoms with Crippen molar-refractivity contribution in [1.82, 2.24) is 9.97 Å². The Morgan fingerprint density at radius 2 is 2.26 bits per heavy atom. The fourth-order valence-corrected chi connectivity index (χ4v) is 1.97. The highest BCUT2D eigenvalue weighted by molar-refractivity contribution is 6.31. The highest BCUT2D eigenvalue weighted by Gasteiger charge is 2.10. The van der Waals surface area contributed by atoms with Gasteiger partial charge in [-0.3, -0.25) is 4.79 Å². The van der Waals surface area contributed by atoms with Gasteiger partial charge in [0.2, 0.25) is 0 Å². The third-order valence-electron chi connectivity index (χ3n) is 2.54. The second-order valence-electron chi connectivity index (χ2n) is 3.99. The Hall–Kier alpha value is -1.72. The molecule has 0 fully saturated rings. The lowest BCUT2D eigenvalue weighted by molar-refractivity contribution is 0.181. The van der Waals surface area contributed by atoms with Crippen LogP contribution < -0.4 is 5.56 Å². The molecule has 19 heavy (non-hydrogen) atoms. The van der Waals surface area contributed by atoms with E-state index in [0.717, 1.165) is 0 Å². The molecule has 0 bridgehead atoms. The molecule has 0 aliphatic rings. The van der Waals surface area contributed by atoms with Crippen LogP contribution in [-0.4, -0.2) is 17.1 Å². The minimum atomic E-state index is -0.424. The van der Waals surface area contributed by atoms with Gasteiger partial charge in [-0.05, 0) is 12.1 Å². The van der Waals surface area contributed by atoms with Crippen LogP contribution in [0.15, 0.2) is 29.1 Å². The van der Waals surface area contributed by atoms with E-state index in [4.69, 9.17) is 16.3 Å². The molecule has 0 saturated carbocycles. The number of hydrogen-bond donors (Lipinski definition) is 1. The molecule has 0 aliphatic heterocycles. The van der Waals surface area contributed by atoms with Gasteiger partial charge < -0.3 is 9.72 Å². The zero-order valence-electron chi connectivity index (χ0n) is 10.2. The number of aromatic nitrogens is 2. The maximum absolute atomic E-state index is 13.7. The van der Waals surface area contributed by atoms with Gasteiger partial charge >= 0.3 is 0 Å². The molecule has 1 heterocycles. The SMILES string of the molecule is COCc1cc(=O)[nH]c(Cc2c(F)cccc2Cl)n1. The molecule has 0 atom stereocenters. The quantitative estimate of drug-likeness (QED) is 0.936. The van der Waals surface area contributed by atoms with Crippen molar-refractivity contribution >= 4 is 11.6 Å². The number of H-pyrrole nitrogens is 1. The first-order valence-corrected chi connectivity index (χ1v) is 5.99. The van der Waals surface area contributed by atoms with Crippen LogP contribution >= 0.6 is 11.6 Å². The lowest BCUT2D eigenvalue weighted by Crippen LogP contribution is -2.14. The average Bonchev–Trinajstić information content (AvgIpc) is 2.34. The van der Waals surface area contributed by atoms with Crippen LogP contribution in [0, 0.1) is 5.82 Å². The van der Waals surface area contributed by atoms with Crippen molar-refractivity contribution in [3.63, 3.8) is 0 Å². The predicted octanol–water partition coefficient (Wildman–Crippen LogP) is 2.30. The second kappa shape index (κ2) is 5.95. The molecular weight excluding hydrogens is 271 g/mol. The zero-order chi connectivity index (χ0) is 13.8. The average molecular weight is 283 g/mol. The second-order valence-corrected chi connectivity index (χ2v) is 4.40. The number of methoxy groups -OCH3 is 1. The highest BCUT2D eigenvalue weighted by Crippen LogP contribution is 2.20. The van der Waals surface area contributed by atoms with E-state index < -0.39 is 5.82 Å². The van der Waals surface area contributed by atoms with Crippen LogP contribution in [0.4, 0.5) is 4.39 Å². The smallest absolute Gasteiger partial charge is 0.251 e. The van der Waals surface area contributed by atoms with Gasteiger partial charge in [-0.2, -0.15) is 0 Å². The third kappa shape index (κ3) is 3.39. The molecule has 0 aliphatic carbocycles. The Balaban J connectivity index is 2.35. The van der Waals surface area contributed by atoms with Crippen molar-refractivity contribution in [3.8, 4) is 0 Å². The van der Waals surface area contributed by atoms with Crippen LogP contribution in [0.25, 0.3) is 0 Å². The first-order valence-electron chi connectivity index (χ1n) is 5.61. The normalized spacial score (nSPS) is 10.7. The van der Waals surface area contributed by atoms with Crippen molar-refractivity contribution in [2.24, 2.45) is 0 Å². The van der Waals surface area contributed by atoms with Crippen LogP contribution in [0.3, 0.4) is 0 Å². The van der Waals surface area contributed by atoms with Crippen LogP contribution in [-0.2, 0) is 17.8 Å². The van der Waals surface area contributed by atoms with Gasteiger partial charge in [0, 0.05) is 30.2 Å². The molecule has 0 unspecified atom stereocenters. The highest BCUT2D eigenvalue weighted by atomic mass is 35.5. The number of ether oxygens (including phenoxy) is 1. The molecule has 2 rings (SSSR count). The molecule has 1 aromatic heterocycles. The van der Waals surface area contributed by atoms with E-state index in [1.807, 2.05) is 0 Å². The maximum Gasteiger partial charge on any atom is 0.251 e. The predicted molar refractivity (Wildman–Crippen MR) is 69.8 cm³/mol. The molecule has 0 saturated heterocycles. The van der Waals surface area contributed by atoms with Crippen molar-refractivity contribution in [3.05, 3.63) is 62.5 Å². The molecule has 1 aromatic carbocycles. The van der Waals surface area contributed by atoms with E-state index in [1.165, 1.54) is 25.3 Å². The summed E-state index contributed by atoms with van der Waals surface area (Å²) < 4.78 is 18.6. The number of nitrogens with zero attached hydrogens (tertiary/aromatic N) is 1. The summed E-state index contributed by atoms with van der Waals surface area (Å²) in [5.41, 5.74) is 0.500. The minimum Gasteiger partial charge on any atom is -0.378 e. The van der Waals surface area contributed by atoms with E-state index in [-0.39, 0.29) is 18.6 Å². The van der Waals surface area contributed by atoms with Crippen molar-refractivity contribution in [1.29, 1.82) is 0 Å². The number of nitrogens with one attached hydrogen (secondary N) is 1. The summed E-state index contributed by atoms with van der Waals surface area (Å²) in [5, 5.41) is 0.305. The van der Waals surface area contributed by atoms with E-state index in [2.05, 4.69) is 9.97 Å². The lowest BCUT2D eigenvalue weighted by atomic mass is 10.1. The summed E-state index contributed by atoms with van der Waals surface area (Å²) in [6.07, 6.45) is 0.123. The molecule has 0 spiro atoms. The minimum absolute atomic E-state index is 0.123. The molecular formula is C13H12ClFN2O2. The topological polar surface area (TPSA) is 55.0 Å². The van der Waals surface area contributed by atoms with E-state index in [9.17, 15) is 9.18 Å². The Morgan fingerprint density at radius 1 is 1.47 bits per heavy atom. The van der Waals surface area contributed by atoms with E-state index in [1.54, 1.807) is 6.07 Å². The fraction of sp³-hybridized carbons (Fsp3) is 0.231. The largest absolute Gasteiger partial charge is 0.378 e. The van der Waals surface area contributed by atoms with Gasteiger partial charge in [0.05, 0.1) is 12.3 Å². The van der Waals surface area contributed by atoms with E-state index >= 15 is 0 Å². The van der Waals surface area contributed by atoms with Crippen LogP contribution in [0.5, 0.6) is 0 Å².